The topological polar surface area (TPSA) is 15.3 Å². The van der Waals surface area contributed by atoms with Crippen LogP contribution in [0.1, 0.15) is 64.7 Å². The van der Waals surface area contributed by atoms with E-state index >= 15 is 0 Å². The Kier molecular flexibility index (Phi) is 6.50. The number of nitrogens with one attached hydrogen (secondary N) is 1. The highest BCUT2D eigenvalue weighted by Gasteiger charge is 2.19. The van der Waals surface area contributed by atoms with Crippen molar-refractivity contribution in [1.82, 2.24) is 10.2 Å². The predicted octanol–water partition coefficient (Wildman–Crippen LogP) is 3.42. The lowest BCUT2D eigenvalue weighted by atomic mass is 9.85. The standard InChI is InChI=1S/C16H32N2/c1-2-18(14-15-8-6-9-15)13-7-12-17-16-10-4-3-5-11-16/h15-17H,2-14H2,1H3. The molecular weight excluding hydrogens is 220 g/mol. The molecule has 0 bridgehead atoms. The second kappa shape index (κ2) is 8.16. The summed E-state index contributed by atoms with van der Waals surface area (Å²) in [6.45, 7) is 7.44. The molecule has 2 heteroatoms. The first-order valence-corrected chi connectivity index (χ1v) is 8.34. The van der Waals surface area contributed by atoms with E-state index in [1.807, 2.05) is 0 Å². The Balaban J connectivity index is 1.49. The zero-order valence-electron chi connectivity index (χ0n) is 12.3. The zero-order chi connectivity index (χ0) is 12.6. The fourth-order valence-corrected chi connectivity index (χ4v) is 3.33. The van der Waals surface area contributed by atoms with Crippen molar-refractivity contribution in [2.75, 3.05) is 26.2 Å². The second-order valence-electron chi connectivity index (χ2n) is 6.33. The van der Waals surface area contributed by atoms with Crippen LogP contribution in [0.4, 0.5) is 0 Å². The van der Waals surface area contributed by atoms with Crippen LogP contribution in [0.3, 0.4) is 0 Å². The van der Waals surface area contributed by atoms with E-state index in [1.54, 1.807) is 0 Å². The fraction of sp³-hybridized carbons (Fsp3) is 1.00. The van der Waals surface area contributed by atoms with Gasteiger partial charge < -0.3 is 10.2 Å². The smallest absolute Gasteiger partial charge is 0.00670 e. The molecule has 2 nitrogen and oxygen atoms in total. The maximum Gasteiger partial charge on any atom is 0.00670 e. The molecule has 0 saturated heterocycles. The molecule has 0 atom stereocenters. The summed E-state index contributed by atoms with van der Waals surface area (Å²) < 4.78 is 0. The van der Waals surface area contributed by atoms with Crippen LogP contribution in [0.2, 0.25) is 0 Å². The first-order valence-electron chi connectivity index (χ1n) is 8.34. The largest absolute Gasteiger partial charge is 0.314 e. The van der Waals surface area contributed by atoms with Crippen LogP contribution in [0.25, 0.3) is 0 Å². The van der Waals surface area contributed by atoms with Crippen molar-refractivity contribution in [2.24, 2.45) is 5.92 Å². The highest BCUT2D eigenvalue weighted by molar-refractivity contribution is 4.74. The van der Waals surface area contributed by atoms with Crippen molar-refractivity contribution in [3.8, 4) is 0 Å². The molecule has 0 aliphatic heterocycles. The van der Waals surface area contributed by atoms with E-state index in [0.29, 0.717) is 0 Å². The number of rotatable bonds is 8. The van der Waals surface area contributed by atoms with Gasteiger partial charge in [0.25, 0.3) is 0 Å². The lowest BCUT2D eigenvalue weighted by Gasteiger charge is -2.32. The summed E-state index contributed by atoms with van der Waals surface area (Å²) in [5, 5.41) is 3.76. The normalized spacial score (nSPS) is 22.3. The molecule has 2 aliphatic rings. The summed E-state index contributed by atoms with van der Waals surface area (Å²) in [5.74, 6) is 1.02. The van der Waals surface area contributed by atoms with Crippen molar-refractivity contribution in [3.63, 3.8) is 0 Å². The summed E-state index contributed by atoms with van der Waals surface area (Å²) >= 11 is 0. The molecule has 2 saturated carbocycles. The van der Waals surface area contributed by atoms with E-state index in [1.165, 1.54) is 84.0 Å². The van der Waals surface area contributed by atoms with E-state index in [4.69, 9.17) is 0 Å². The van der Waals surface area contributed by atoms with Crippen LogP contribution < -0.4 is 5.32 Å². The first-order chi connectivity index (χ1) is 8.88. The van der Waals surface area contributed by atoms with Gasteiger partial charge in [-0.3, -0.25) is 0 Å². The Morgan fingerprint density at radius 2 is 1.78 bits per heavy atom. The molecule has 0 spiro atoms. The number of hydrogen-bond donors (Lipinski definition) is 1. The van der Waals surface area contributed by atoms with Crippen LogP contribution in [0.15, 0.2) is 0 Å². The van der Waals surface area contributed by atoms with Gasteiger partial charge in [0, 0.05) is 12.6 Å². The maximum atomic E-state index is 3.76. The fourth-order valence-electron chi connectivity index (χ4n) is 3.33. The van der Waals surface area contributed by atoms with Crippen molar-refractivity contribution in [2.45, 2.75) is 70.8 Å². The van der Waals surface area contributed by atoms with E-state index < -0.39 is 0 Å². The Morgan fingerprint density at radius 1 is 1.00 bits per heavy atom. The third-order valence-corrected chi connectivity index (χ3v) is 4.88. The molecule has 0 radical (unpaired) electrons. The van der Waals surface area contributed by atoms with Gasteiger partial charge in [0.1, 0.15) is 0 Å². The molecule has 0 aromatic heterocycles. The van der Waals surface area contributed by atoms with Gasteiger partial charge in [-0.25, -0.2) is 0 Å². The molecule has 0 unspecified atom stereocenters. The highest BCUT2D eigenvalue weighted by atomic mass is 15.1. The van der Waals surface area contributed by atoms with Crippen LogP contribution in [0.5, 0.6) is 0 Å². The van der Waals surface area contributed by atoms with Crippen LogP contribution in [0, 0.1) is 5.92 Å². The SMILES string of the molecule is CCN(CCCNC1CCCCC1)CC1CCC1. The van der Waals surface area contributed by atoms with E-state index in [2.05, 4.69) is 17.1 Å². The molecule has 0 aromatic rings. The zero-order valence-corrected chi connectivity index (χ0v) is 12.3. The molecule has 106 valence electrons. The Labute approximate surface area is 114 Å². The predicted molar refractivity (Wildman–Crippen MR) is 78.9 cm³/mol. The van der Waals surface area contributed by atoms with Gasteiger partial charge in [0.05, 0.1) is 0 Å². The monoisotopic (exact) mass is 252 g/mol. The molecule has 0 aromatic carbocycles. The quantitative estimate of drug-likeness (QED) is 0.666. The Bertz CT molecular complexity index is 207. The van der Waals surface area contributed by atoms with Crippen LogP contribution in [-0.2, 0) is 0 Å². The summed E-state index contributed by atoms with van der Waals surface area (Å²) in [6, 6.07) is 0.834. The summed E-state index contributed by atoms with van der Waals surface area (Å²) in [5.41, 5.74) is 0. The van der Waals surface area contributed by atoms with Crippen molar-refractivity contribution < 1.29 is 0 Å². The highest BCUT2D eigenvalue weighted by Crippen LogP contribution is 2.27. The second-order valence-corrected chi connectivity index (χ2v) is 6.33. The van der Waals surface area contributed by atoms with E-state index in [-0.39, 0.29) is 0 Å². The van der Waals surface area contributed by atoms with Gasteiger partial charge in [-0.15, -0.1) is 0 Å². The lowest BCUT2D eigenvalue weighted by molar-refractivity contribution is 0.181. The van der Waals surface area contributed by atoms with Gasteiger partial charge in [-0.1, -0.05) is 32.6 Å². The average Bonchev–Trinajstić information content (AvgIpc) is 2.37. The third-order valence-electron chi connectivity index (χ3n) is 4.88. The van der Waals surface area contributed by atoms with Crippen molar-refractivity contribution >= 4 is 0 Å². The average molecular weight is 252 g/mol. The maximum absolute atomic E-state index is 3.76. The molecular formula is C16H32N2. The van der Waals surface area contributed by atoms with Gasteiger partial charge in [-0.2, -0.15) is 0 Å². The van der Waals surface area contributed by atoms with Crippen LogP contribution in [-0.4, -0.2) is 37.1 Å². The number of hydrogen-bond acceptors (Lipinski definition) is 2. The van der Waals surface area contributed by atoms with Gasteiger partial charge in [-0.05, 0) is 57.7 Å². The minimum atomic E-state index is 0.834. The molecule has 2 aliphatic carbocycles. The number of nitrogens with zero attached hydrogens (tertiary/aromatic N) is 1. The van der Waals surface area contributed by atoms with Crippen LogP contribution >= 0.6 is 0 Å². The summed E-state index contributed by atoms with van der Waals surface area (Å²) in [6.07, 6.45) is 13.0. The molecule has 0 amide bonds. The minimum Gasteiger partial charge on any atom is -0.314 e. The van der Waals surface area contributed by atoms with E-state index in [0.717, 1.165) is 12.0 Å². The Morgan fingerprint density at radius 3 is 2.39 bits per heavy atom. The van der Waals surface area contributed by atoms with Gasteiger partial charge in [0.2, 0.25) is 0 Å². The first kappa shape index (κ1) is 14.3. The van der Waals surface area contributed by atoms with Gasteiger partial charge >= 0.3 is 0 Å². The minimum absolute atomic E-state index is 0.834. The van der Waals surface area contributed by atoms with E-state index in [9.17, 15) is 0 Å². The molecule has 2 fully saturated rings. The lowest BCUT2D eigenvalue weighted by Crippen LogP contribution is -2.36. The summed E-state index contributed by atoms with van der Waals surface area (Å²) in [7, 11) is 0. The third kappa shape index (κ3) is 4.89. The van der Waals surface area contributed by atoms with Gasteiger partial charge in [0.15, 0.2) is 0 Å². The molecule has 1 N–H and O–H groups in total. The molecule has 0 heterocycles. The van der Waals surface area contributed by atoms with Crippen molar-refractivity contribution in [1.29, 1.82) is 0 Å². The molecule has 18 heavy (non-hydrogen) atoms. The molecule has 2 rings (SSSR count). The van der Waals surface area contributed by atoms with Crippen molar-refractivity contribution in [3.05, 3.63) is 0 Å². The summed E-state index contributed by atoms with van der Waals surface area (Å²) in [4.78, 5) is 2.66. The Hall–Kier alpha value is -0.0800.